The molecule has 2 aromatic heterocycles. The number of anilines is 1. The number of halogens is 1. The first kappa shape index (κ1) is 23.2. The van der Waals surface area contributed by atoms with Crippen molar-refractivity contribution < 1.29 is 14.3 Å². The molecule has 0 atom stereocenters. The fraction of sp³-hybridized carbons (Fsp3) is 0.167. The lowest BCUT2D eigenvalue weighted by Crippen LogP contribution is -2.26. The summed E-state index contributed by atoms with van der Waals surface area (Å²) in [6, 6.07) is 14.7. The fourth-order valence-electron chi connectivity index (χ4n) is 3.30. The molecule has 0 radical (unpaired) electrons. The van der Waals surface area contributed by atoms with E-state index in [0.717, 1.165) is 21.3 Å². The summed E-state index contributed by atoms with van der Waals surface area (Å²) in [6.45, 7) is 0.683. The van der Waals surface area contributed by atoms with E-state index >= 15 is 0 Å². The maximum atomic E-state index is 12.8. The summed E-state index contributed by atoms with van der Waals surface area (Å²) in [6.07, 6.45) is 4.95. The van der Waals surface area contributed by atoms with Gasteiger partial charge in [0.25, 0.3) is 11.8 Å². The van der Waals surface area contributed by atoms with Gasteiger partial charge in [-0.3, -0.25) is 19.0 Å². The summed E-state index contributed by atoms with van der Waals surface area (Å²) in [7, 11) is 3.45. The van der Waals surface area contributed by atoms with Crippen molar-refractivity contribution in [3.63, 3.8) is 0 Å². The SMILES string of the molecule is Cn1cc(CNC(=O)c2c(NC(=O)c3ccc(COc4ccccc4Br)cc3)cnn2C)cn1. The van der Waals surface area contributed by atoms with Crippen molar-refractivity contribution >= 4 is 33.4 Å². The molecule has 0 aliphatic rings. The van der Waals surface area contributed by atoms with Gasteiger partial charge in [-0.15, -0.1) is 0 Å². The largest absolute Gasteiger partial charge is 0.488 e. The number of aryl methyl sites for hydroxylation is 2. The second-order valence-electron chi connectivity index (χ2n) is 7.61. The topological polar surface area (TPSA) is 103 Å². The van der Waals surface area contributed by atoms with Gasteiger partial charge < -0.3 is 15.4 Å². The van der Waals surface area contributed by atoms with Crippen LogP contribution in [0.5, 0.6) is 5.75 Å². The molecule has 0 spiro atoms. The number of para-hydroxylation sites is 1. The summed E-state index contributed by atoms with van der Waals surface area (Å²) < 4.78 is 9.78. The fourth-order valence-corrected chi connectivity index (χ4v) is 3.70. The molecule has 2 aromatic carbocycles. The molecule has 2 heterocycles. The van der Waals surface area contributed by atoms with Crippen molar-refractivity contribution in [2.45, 2.75) is 13.2 Å². The summed E-state index contributed by atoms with van der Waals surface area (Å²) in [5.41, 5.74) is 2.83. The highest BCUT2D eigenvalue weighted by molar-refractivity contribution is 9.10. The number of carbonyl (C=O) groups is 2. The van der Waals surface area contributed by atoms with Crippen molar-refractivity contribution in [2.75, 3.05) is 5.32 Å². The van der Waals surface area contributed by atoms with E-state index in [1.54, 1.807) is 30.1 Å². The number of amides is 2. The highest BCUT2D eigenvalue weighted by Gasteiger charge is 2.19. The van der Waals surface area contributed by atoms with Crippen LogP contribution in [0.25, 0.3) is 0 Å². The van der Waals surface area contributed by atoms with E-state index in [0.29, 0.717) is 24.4 Å². The molecule has 0 saturated heterocycles. The lowest BCUT2D eigenvalue weighted by atomic mass is 10.1. The van der Waals surface area contributed by atoms with E-state index in [1.807, 2.05) is 49.6 Å². The molecule has 34 heavy (non-hydrogen) atoms. The molecule has 0 saturated carbocycles. The number of nitrogens with zero attached hydrogens (tertiary/aromatic N) is 4. The zero-order valence-corrected chi connectivity index (χ0v) is 20.2. The third kappa shape index (κ3) is 5.52. The smallest absolute Gasteiger partial charge is 0.271 e. The van der Waals surface area contributed by atoms with Gasteiger partial charge in [-0.2, -0.15) is 10.2 Å². The van der Waals surface area contributed by atoms with Crippen LogP contribution in [0.15, 0.2) is 71.6 Å². The number of carbonyl (C=O) groups excluding carboxylic acids is 2. The lowest BCUT2D eigenvalue weighted by molar-refractivity contribution is 0.0942. The molecule has 2 N–H and O–H groups in total. The van der Waals surface area contributed by atoms with Crippen LogP contribution in [0.1, 0.15) is 32.0 Å². The quantitative estimate of drug-likeness (QED) is 0.367. The van der Waals surface area contributed by atoms with Crippen molar-refractivity contribution in [1.82, 2.24) is 24.9 Å². The van der Waals surface area contributed by atoms with E-state index in [4.69, 9.17) is 4.74 Å². The second-order valence-corrected chi connectivity index (χ2v) is 8.46. The van der Waals surface area contributed by atoms with Crippen molar-refractivity contribution in [3.05, 3.63) is 94.0 Å². The standard InChI is InChI=1S/C24H23BrN6O3/c1-30-14-17(12-27-30)11-26-24(33)22-20(13-28-31(22)2)29-23(32)18-9-7-16(8-10-18)15-34-21-6-4-3-5-19(21)25/h3-10,12-14H,11,15H2,1-2H3,(H,26,33)(H,29,32). The number of nitrogens with one attached hydrogen (secondary N) is 2. The summed E-state index contributed by atoms with van der Waals surface area (Å²) in [4.78, 5) is 25.5. The minimum atomic E-state index is -0.348. The first-order valence-electron chi connectivity index (χ1n) is 10.5. The summed E-state index contributed by atoms with van der Waals surface area (Å²) in [5, 5.41) is 13.8. The van der Waals surface area contributed by atoms with Gasteiger partial charge in [-0.05, 0) is 45.8 Å². The number of rotatable bonds is 8. The minimum absolute atomic E-state index is 0.260. The molecule has 10 heteroatoms. The molecule has 0 unspecified atom stereocenters. The van der Waals surface area contributed by atoms with Crippen LogP contribution in [0.2, 0.25) is 0 Å². The highest BCUT2D eigenvalue weighted by atomic mass is 79.9. The van der Waals surface area contributed by atoms with Gasteiger partial charge >= 0.3 is 0 Å². The van der Waals surface area contributed by atoms with Gasteiger partial charge in [0, 0.05) is 38.0 Å². The van der Waals surface area contributed by atoms with Crippen molar-refractivity contribution in [3.8, 4) is 5.75 Å². The Bertz CT molecular complexity index is 1310. The lowest BCUT2D eigenvalue weighted by Gasteiger charge is -2.10. The first-order valence-corrected chi connectivity index (χ1v) is 11.3. The Morgan fingerprint density at radius 2 is 1.74 bits per heavy atom. The Balaban J connectivity index is 1.38. The van der Waals surface area contributed by atoms with Crippen LogP contribution in [0.4, 0.5) is 5.69 Å². The monoisotopic (exact) mass is 522 g/mol. The van der Waals surface area contributed by atoms with E-state index in [2.05, 4.69) is 36.8 Å². The third-order valence-electron chi connectivity index (χ3n) is 5.06. The van der Waals surface area contributed by atoms with Gasteiger partial charge in [0.05, 0.1) is 22.6 Å². The Morgan fingerprint density at radius 1 is 0.971 bits per heavy atom. The Hall–Kier alpha value is -3.92. The van der Waals surface area contributed by atoms with Gasteiger partial charge in [0.15, 0.2) is 0 Å². The minimum Gasteiger partial charge on any atom is -0.488 e. The zero-order valence-electron chi connectivity index (χ0n) is 18.7. The normalized spacial score (nSPS) is 10.7. The molecule has 0 aliphatic heterocycles. The summed E-state index contributed by atoms with van der Waals surface area (Å²) >= 11 is 3.46. The number of benzene rings is 2. The van der Waals surface area contributed by atoms with E-state index < -0.39 is 0 Å². The zero-order chi connectivity index (χ0) is 24.1. The predicted octanol–water partition coefficient (Wildman–Crippen LogP) is 3.68. The Kier molecular flexibility index (Phi) is 7.07. The van der Waals surface area contributed by atoms with Crippen LogP contribution < -0.4 is 15.4 Å². The van der Waals surface area contributed by atoms with Crippen molar-refractivity contribution in [1.29, 1.82) is 0 Å². The number of hydrogen-bond donors (Lipinski definition) is 2. The molecular formula is C24H23BrN6O3. The average molecular weight is 523 g/mol. The first-order chi connectivity index (χ1) is 16.4. The molecule has 4 rings (SSSR count). The summed E-state index contributed by atoms with van der Waals surface area (Å²) in [5.74, 6) is 0.0570. The number of aromatic nitrogens is 4. The van der Waals surface area contributed by atoms with E-state index in [-0.39, 0.29) is 17.5 Å². The molecule has 2 amide bonds. The maximum absolute atomic E-state index is 12.8. The number of ether oxygens (including phenoxy) is 1. The van der Waals surface area contributed by atoms with Crippen LogP contribution in [0, 0.1) is 0 Å². The van der Waals surface area contributed by atoms with E-state index in [1.165, 1.54) is 10.9 Å². The molecule has 0 aliphatic carbocycles. The molecule has 4 aromatic rings. The molecule has 174 valence electrons. The molecule has 0 fully saturated rings. The van der Waals surface area contributed by atoms with Gasteiger partial charge in [-0.1, -0.05) is 24.3 Å². The van der Waals surface area contributed by atoms with Gasteiger partial charge in [0.1, 0.15) is 18.1 Å². The average Bonchev–Trinajstić information content (AvgIpc) is 3.42. The second kappa shape index (κ2) is 10.3. The maximum Gasteiger partial charge on any atom is 0.271 e. The number of hydrogen-bond acceptors (Lipinski definition) is 5. The van der Waals surface area contributed by atoms with Gasteiger partial charge in [-0.25, -0.2) is 0 Å². The van der Waals surface area contributed by atoms with Crippen LogP contribution in [0.3, 0.4) is 0 Å². The molecular weight excluding hydrogens is 500 g/mol. The van der Waals surface area contributed by atoms with E-state index in [9.17, 15) is 9.59 Å². The van der Waals surface area contributed by atoms with Gasteiger partial charge in [0.2, 0.25) is 0 Å². The van der Waals surface area contributed by atoms with Crippen molar-refractivity contribution in [2.24, 2.45) is 14.1 Å². The highest BCUT2D eigenvalue weighted by Crippen LogP contribution is 2.24. The van der Waals surface area contributed by atoms with Crippen LogP contribution in [-0.2, 0) is 27.2 Å². The third-order valence-corrected chi connectivity index (χ3v) is 5.72. The molecule has 0 bridgehead atoms. The van der Waals surface area contributed by atoms with Crippen LogP contribution >= 0.6 is 15.9 Å². The Morgan fingerprint density at radius 3 is 2.44 bits per heavy atom. The molecule has 9 nitrogen and oxygen atoms in total. The Labute approximate surface area is 204 Å². The van der Waals surface area contributed by atoms with Crippen LogP contribution in [-0.4, -0.2) is 31.4 Å². The predicted molar refractivity (Wildman–Crippen MR) is 130 cm³/mol.